The standard InChI is InChI=1S/C10H11F4N/c1-15-9(6-10(12,13)14)7-2-4-8(11)5-3-7/h2-5,9,15H,6H2,1H3. The Labute approximate surface area is 85.1 Å². The Morgan fingerprint density at radius 3 is 2.13 bits per heavy atom. The normalized spacial score (nSPS) is 13.9. The van der Waals surface area contributed by atoms with Crippen LogP contribution in [0, 0.1) is 5.82 Å². The zero-order valence-corrected chi connectivity index (χ0v) is 8.11. The fourth-order valence-corrected chi connectivity index (χ4v) is 1.31. The molecule has 0 aliphatic rings. The number of nitrogens with one attached hydrogen (secondary N) is 1. The average Bonchev–Trinajstić information content (AvgIpc) is 2.14. The molecule has 0 aromatic heterocycles. The van der Waals surface area contributed by atoms with Gasteiger partial charge in [0.05, 0.1) is 6.42 Å². The van der Waals surface area contributed by atoms with Crippen LogP contribution in [0.1, 0.15) is 18.0 Å². The highest BCUT2D eigenvalue weighted by atomic mass is 19.4. The third kappa shape index (κ3) is 3.87. The molecule has 0 aliphatic heterocycles. The van der Waals surface area contributed by atoms with Crippen molar-refractivity contribution in [3.05, 3.63) is 35.6 Å². The number of hydrogen-bond donors (Lipinski definition) is 1. The predicted octanol–water partition coefficient (Wildman–Crippen LogP) is 3.04. The SMILES string of the molecule is CNC(CC(F)(F)F)c1ccc(F)cc1. The maximum absolute atomic E-state index is 12.5. The lowest BCUT2D eigenvalue weighted by molar-refractivity contribution is -0.140. The summed E-state index contributed by atoms with van der Waals surface area (Å²) in [7, 11) is 1.44. The lowest BCUT2D eigenvalue weighted by Crippen LogP contribution is -2.23. The van der Waals surface area contributed by atoms with E-state index in [1.54, 1.807) is 0 Å². The molecule has 1 aromatic rings. The molecule has 5 heteroatoms. The summed E-state index contributed by atoms with van der Waals surface area (Å²) < 4.78 is 49.0. The molecule has 0 saturated carbocycles. The van der Waals surface area contributed by atoms with Gasteiger partial charge < -0.3 is 5.32 Å². The molecule has 84 valence electrons. The van der Waals surface area contributed by atoms with Gasteiger partial charge in [-0.2, -0.15) is 13.2 Å². The van der Waals surface area contributed by atoms with Crippen LogP contribution >= 0.6 is 0 Å². The lowest BCUT2D eigenvalue weighted by atomic mass is 10.0. The van der Waals surface area contributed by atoms with Crippen LogP contribution in [-0.4, -0.2) is 13.2 Å². The van der Waals surface area contributed by atoms with Gasteiger partial charge in [0.1, 0.15) is 5.82 Å². The van der Waals surface area contributed by atoms with Crippen molar-refractivity contribution < 1.29 is 17.6 Å². The van der Waals surface area contributed by atoms with Gasteiger partial charge in [0.15, 0.2) is 0 Å². The molecule has 0 bridgehead atoms. The van der Waals surface area contributed by atoms with Gasteiger partial charge in [-0.3, -0.25) is 0 Å². The maximum atomic E-state index is 12.5. The van der Waals surface area contributed by atoms with Crippen molar-refractivity contribution in [2.24, 2.45) is 0 Å². The van der Waals surface area contributed by atoms with Gasteiger partial charge >= 0.3 is 6.18 Å². The summed E-state index contributed by atoms with van der Waals surface area (Å²) in [6, 6.07) is 4.17. The first-order valence-electron chi connectivity index (χ1n) is 4.42. The number of rotatable bonds is 3. The van der Waals surface area contributed by atoms with Gasteiger partial charge in [-0.15, -0.1) is 0 Å². The minimum absolute atomic E-state index is 0.427. The third-order valence-electron chi connectivity index (χ3n) is 2.06. The van der Waals surface area contributed by atoms with Gasteiger partial charge in [-0.05, 0) is 24.7 Å². The van der Waals surface area contributed by atoms with Crippen LogP contribution in [-0.2, 0) is 0 Å². The van der Waals surface area contributed by atoms with Crippen LogP contribution in [0.15, 0.2) is 24.3 Å². The molecule has 0 amide bonds. The second-order valence-electron chi connectivity index (χ2n) is 3.21. The summed E-state index contributed by atoms with van der Waals surface area (Å²) in [5.74, 6) is -0.458. The smallest absolute Gasteiger partial charge is 0.313 e. The second-order valence-corrected chi connectivity index (χ2v) is 3.21. The summed E-state index contributed by atoms with van der Waals surface area (Å²) in [6.07, 6.45) is -5.20. The van der Waals surface area contributed by atoms with Crippen LogP contribution in [0.3, 0.4) is 0 Å². The average molecular weight is 221 g/mol. The Morgan fingerprint density at radius 2 is 1.73 bits per heavy atom. The van der Waals surface area contributed by atoms with Crippen LogP contribution in [0.5, 0.6) is 0 Å². The van der Waals surface area contributed by atoms with Crippen molar-refractivity contribution in [2.75, 3.05) is 7.05 Å². The van der Waals surface area contributed by atoms with Crippen molar-refractivity contribution in [2.45, 2.75) is 18.6 Å². The molecule has 15 heavy (non-hydrogen) atoms. The first-order chi connectivity index (χ1) is 6.92. The van der Waals surface area contributed by atoms with Crippen molar-refractivity contribution in [1.82, 2.24) is 5.32 Å². The topological polar surface area (TPSA) is 12.0 Å². The largest absolute Gasteiger partial charge is 0.390 e. The number of halogens is 4. The van der Waals surface area contributed by atoms with E-state index in [-0.39, 0.29) is 0 Å². The van der Waals surface area contributed by atoms with Crippen LogP contribution < -0.4 is 5.32 Å². The van der Waals surface area contributed by atoms with Crippen molar-refractivity contribution in [1.29, 1.82) is 0 Å². The lowest BCUT2D eigenvalue weighted by Gasteiger charge is -2.18. The first kappa shape index (κ1) is 12.0. The Balaban J connectivity index is 2.79. The molecule has 1 unspecified atom stereocenters. The van der Waals surface area contributed by atoms with E-state index in [1.165, 1.54) is 19.2 Å². The summed E-state index contributed by atoms with van der Waals surface area (Å²) in [5, 5.41) is 2.55. The molecule has 0 radical (unpaired) electrons. The van der Waals surface area contributed by atoms with Gasteiger partial charge in [0.25, 0.3) is 0 Å². The van der Waals surface area contributed by atoms with E-state index in [1.807, 2.05) is 0 Å². The molecule has 1 rings (SSSR count). The van der Waals surface area contributed by atoms with Gasteiger partial charge in [0.2, 0.25) is 0 Å². The van der Waals surface area contributed by atoms with Crippen molar-refractivity contribution in [3.63, 3.8) is 0 Å². The third-order valence-corrected chi connectivity index (χ3v) is 2.06. The minimum atomic E-state index is -4.23. The molecule has 0 spiro atoms. The van der Waals surface area contributed by atoms with Crippen molar-refractivity contribution in [3.8, 4) is 0 Å². The van der Waals surface area contributed by atoms with Crippen LogP contribution in [0.25, 0.3) is 0 Å². The number of benzene rings is 1. The van der Waals surface area contributed by atoms with Crippen LogP contribution in [0.4, 0.5) is 17.6 Å². The fourth-order valence-electron chi connectivity index (χ4n) is 1.31. The maximum Gasteiger partial charge on any atom is 0.390 e. The molecule has 0 fully saturated rings. The van der Waals surface area contributed by atoms with Gasteiger partial charge in [0, 0.05) is 6.04 Å². The molecule has 1 N–H and O–H groups in total. The molecule has 0 aliphatic carbocycles. The van der Waals surface area contributed by atoms with E-state index in [4.69, 9.17) is 0 Å². The number of hydrogen-bond acceptors (Lipinski definition) is 1. The Hall–Kier alpha value is -1.10. The van der Waals surface area contributed by atoms with Crippen molar-refractivity contribution >= 4 is 0 Å². The van der Waals surface area contributed by atoms with E-state index < -0.39 is 24.5 Å². The summed E-state index contributed by atoms with van der Waals surface area (Å²) in [5.41, 5.74) is 0.427. The number of alkyl halides is 3. The molecule has 1 nitrogen and oxygen atoms in total. The summed E-state index contributed by atoms with van der Waals surface area (Å²) >= 11 is 0. The molecular formula is C10H11F4N. The minimum Gasteiger partial charge on any atom is -0.313 e. The quantitative estimate of drug-likeness (QED) is 0.773. The Bertz CT molecular complexity index is 304. The van der Waals surface area contributed by atoms with E-state index in [0.717, 1.165) is 12.1 Å². The zero-order chi connectivity index (χ0) is 11.5. The second kappa shape index (κ2) is 4.61. The summed E-state index contributed by atoms with van der Waals surface area (Å²) in [4.78, 5) is 0. The van der Waals surface area contributed by atoms with Crippen LogP contribution in [0.2, 0.25) is 0 Å². The first-order valence-corrected chi connectivity index (χ1v) is 4.42. The van der Waals surface area contributed by atoms with Gasteiger partial charge in [-0.1, -0.05) is 12.1 Å². The Morgan fingerprint density at radius 1 is 1.20 bits per heavy atom. The summed E-state index contributed by atoms with van der Waals surface area (Å²) in [6.45, 7) is 0. The molecule has 0 heterocycles. The fraction of sp³-hybridized carbons (Fsp3) is 0.400. The van der Waals surface area contributed by atoms with E-state index in [2.05, 4.69) is 5.32 Å². The van der Waals surface area contributed by atoms with E-state index >= 15 is 0 Å². The van der Waals surface area contributed by atoms with E-state index in [0.29, 0.717) is 5.56 Å². The van der Waals surface area contributed by atoms with Gasteiger partial charge in [-0.25, -0.2) is 4.39 Å². The molecule has 1 atom stereocenters. The molecule has 1 aromatic carbocycles. The molecular weight excluding hydrogens is 210 g/mol. The zero-order valence-electron chi connectivity index (χ0n) is 8.11. The highest BCUT2D eigenvalue weighted by Gasteiger charge is 2.31. The van der Waals surface area contributed by atoms with E-state index in [9.17, 15) is 17.6 Å². The highest BCUT2D eigenvalue weighted by molar-refractivity contribution is 5.20. The predicted molar refractivity (Wildman–Crippen MR) is 48.9 cm³/mol. The monoisotopic (exact) mass is 221 g/mol. The molecule has 0 saturated heterocycles. The Kier molecular flexibility index (Phi) is 3.68. The highest BCUT2D eigenvalue weighted by Crippen LogP contribution is 2.29.